The minimum Gasteiger partial charge on any atom is -0.255 e. The average molecular weight is 345 g/mol. The molecule has 2 heterocycles. The van der Waals surface area contributed by atoms with Crippen LogP contribution in [0.4, 0.5) is 0 Å². The molecule has 2 aliphatic rings. The van der Waals surface area contributed by atoms with Crippen molar-refractivity contribution in [2.45, 2.75) is 37.5 Å². The predicted octanol–water partition coefficient (Wildman–Crippen LogP) is 4.34. The molecule has 0 N–H and O–H groups in total. The third kappa shape index (κ3) is 2.76. The Bertz CT molecular complexity index is 901. The molecule has 0 aromatic carbocycles. The molecule has 1 fully saturated rings. The van der Waals surface area contributed by atoms with Gasteiger partial charge in [0, 0.05) is 17.3 Å². The number of hydrogen-bond donors (Lipinski definition) is 0. The van der Waals surface area contributed by atoms with Gasteiger partial charge in [-0.05, 0) is 78.3 Å². The molecule has 0 aliphatic heterocycles. The van der Waals surface area contributed by atoms with Crippen LogP contribution in [0.5, 0.6) is 0 Å². The van der Waals surface area contributed by atoms with Gasteiger partial charge in [-0.3, -0.25) is 4.98 Å². The van der Waals surface area contributed by atoms with Gasteiger partial charge >= 0.3 is 0 Å². The molecular formula is C18H19NO2S2. The van der Waals surface area contributed by atoms with Crippen LogP contribution in [0.1, 0.15) is 41.8 Å². The van der Waals surface area contributed by atoms with Crippen LogP contribution >= 0.6 is 11.3 Å². The minimum atomic E-state index is -3.19. The lowest BCUT2D eigenvalue weighted by atomic mass is 10.0. The van der Waals surface area contributed by atoms with E-state index in [4.69, 9.17) is 0 Å². The van der Waals surface area contributed by atoms with Crippen LogP contribution in [-0.4, -0.2) is 19.7 Å². The molecule has 5 heteroatoms. The minimum absolute atomic E-state index is 0.287. The van der Waals surface area contributed by atoms with Gasteiger partial charge in [0.1, 0.15) is 0 Å². The first-order chi connectivity index (χ1) is 10.9. The topological polar surface area (TPSA) is 47.0 Å². The zero-order valence-electron chi connectivity index (χ0n) is 13.3. The Morgan fingerprint density at radius 3 is 2.43 bits per heavy atom. The molecule has 0 saturated heterocycles. The first-order valence-electron chi connectivity index (χ1n) is 7.80. The third-order valence-electron chi connectivity index (χ3n) is 4.93. The van der Waals surface area contributed by atoms with Crippen LogP contribution in [0, 0.1) is 12.3 Å². The Balaban J connectivity index is 1.77. The van der Waals surface area contributed by atoms with E-state index in [9.17, 15) is 8.42 Å². The van der Waals surface area contributed by atoms with Gasteiger partial charge in [-0.15, -0.1) is 11.3 Å². The summed E-state index contributed by atoms with van der Waals surface area (Å²) in [6, 6.07) is 5.81. The lowest BCUT2D eigenvalue weighted by Gasteiger charge is -2.07. The van der Waals surface area contributed by atoms with Gasteiger partial charge in [0.05, 0.1) is 10.6 Å². The van der Waals surface area contributed by atoms with Crippen LogP contribution in [0.25, 0.3) is 11.1 Å². The molecule has 2 aromatic rings. The lowest BCUT2D eigenvalue weighted by Crippen LogP contribution is -1.99. The summed E-state index contributed by atoms with van der Waals surface area (Å²) < 4.78 is 23.2. The van der Waals surface area contributed by atoms with E-state index in [1.165, 1.54) is 46.9 Å². The quantitative estimate of drug-likeness (QED) is 0.831. The predicted molar refractivity (Wildman–Crippen MR) is 94.1 cm³/mol. The van der Waals surface area contributed by atoms with E-state index < -0.39 is 9.84 Å². The second-order valence-corrected chi connectivity index (χ2v) is 9.88. The summed E-state index contributed by atoms with van der Waals surface area (Å²) >= 11 is 1.80. The fraction of sp³-hybridized carbons (Fsp3) is 0.389. The summed E-state index contributed by atoms with van der Waals surface area (Å²) in [5.41, 5.74) is 5.42. The van der Waals surface area contributed by atoms with E-state index in [0.29, 0.717) is 5.41 Å². The molecule has 0 atom stereocenters. The Labute approximate surface area is 141 Å². The number of allylic oxidation sites excluding steroid dienone is 2. The highest BCUT2D eigenvalue weighted by atomic mass is 32.2. The Hall–Kier alpha value is -1.46. The highest BCUT2D eigenvalue weighted by Gasteiger charge is 2.48. The van der Waals surface area contributed by atoms with Gasteiger partial charge in [-0.25, -0.2) is 8.42 Å². The molecule has 120 valence electrons. The number of sulfone groups is 1. The fourth-order valence-electron chi connectivity index (χ4n) is 3.40. The lowest BCUT2D eigenvalue weighted by molar-refractivity contribution is 0.568. The number of hydrogen-bond acceptors (Lipinski definition) is 4. The van der Waals surface area contributed by atoms with Crippen molar-refractivity contribution in [2.75, 3.05) is 6.26 Å². The number of thiophene rings is 1. The van der Waals surface area contributed by atoms with Crippen LogP contribution in [-0.2, 0) is 9.84 Å². The molecule has 0 radical (unpaired) electrons. The largest absolute Gasteiger partial charge is 0.255 e. The number of rotatable bonds is 3. The summed E-state index contributed by atoms with van der Waals surface area (Å²) in [7, 11) is -3.19. The van der Waals surface area contributed by atoms with Crippen molar-refractivity contribution in [3.63, 3.8) is 0 Å². The fourth-order valence-corrected chi connectivity index (χ4v) is 4.94. The van der Waals surface area contributed by atoms with Crippen LogP contribution in [0.2, 0.25) is 0 Å². The van der Waals surface area contributed by atoms with E-state index in [0.717, 1.165) is 18.5 Å². The smallest absolute Gasteiger partial charge is 0.177 e. The zero-order valence-corrected chi connectivity index (χ0v) is 14.9. The molecule has 1 saturated carbocycles. The third-order valence-corrected chi connectivity index (χ3v) is 7.13. The van der Waals surface area contributed by atoms with Gasteiger partial charge < -0.3 is 0 Å². The molecule has 23 heavy (non-hydrogen) atoms. The SMILES string of the molecule is Cc1csc(C2=C(c3ccc(S(C)(=O)=O)cn3)CC3(CC3)C2)c1. The summed E-state index contributed by atoms with van der Waals surface area (Å²) in [6.07, 6.45) is 7.52. The monoisotopic (exact) mass is 345 g/mol. The van der Waals surface area contributed by atoms with E-state index in [-0.39, 0.29) is 4.90 Å². The second kappa shape index (κ2) is 5.02. The molecule has 3 nitrogen and oxygen atoms in total. The maximum absolute atomic E-state index is 11.6. The van der Waals surface area contributed by atoms with Crippen molar-refractivity contribution in [3.8, 4) is 0 Å². The molecule has 4 rings (SSSR count). The van der Waals surface area contributed by atoms with Gasteiger partial charge in [0.15, 0.2) is 9.84 Å². The number of aromatic nitrogens is 1. The second-order valence-electron chi connectivity index (χ2n) is 6.95. The average Bonchev–Trinajstić information content (AvgIpc) is 2.93. The molecule has 2 aliphatic carbocycles. The summed E-state index contributed by atoms with van der Waals surface area (Å²) in [5, 5.41) is 2.19. The van der Waals surface area contributed by atoms with Crippen molar-refractivity contribution in [1.82, 2.24) is 4.98 Å². The summed E-state index contributed by atoms with van der Waals surface area (Å²) in [5.74, 6) is 0. The van der Waals surface area contributed by atoms with Crippen molar-refractivity contribution in [1.29, 1.82) is 0 Å². The maximum Gasteiger partial charge on any atom is 0.177 e. The Kier molecular flexibility index (Phi) is 3.29. The van der Waals surface area contributed by atoms with Gasteiger partial charge in [0.2, 0.25) is 0 Å². The number of nitrogens with zero attached hydrogens (tertiary/aromatic N) is 1. The van der Waals surface area contributed by atoms with Crippen molar-refractivity contribution in [3.05, 3.63) is 45.9 Å². The standard InChI is InChI=1S/C18H19NO2S2/c1-12-7-17(22-11-12)15-9-18(5-6-18)8-14(15)16-4-3-13(10-19-16)23(2,20)21/h3-4,7,10-11H,5-6,8-9H2,1-2H3. The van der Waals surface area contributed by atoms with Gasteiger partial charge in [-0.2, -0.15) is 0 Å². The van der Waals surface area contributed by atoms with Gasteiger partial charge in [-0.1, -0.05) is 0 Å². The molecule has 1 spiro atoms. The maximum atomic E-state index is 11.6. The van der Waals surface area contributed by atoms with E-state index >= 15 is 0 Å². The van der Waals surface area contributed by atoms with Gasteiger partial charge in [0.25, 0.3) is 0 Å². The molecule has 0 unspecified atom stereocenters. The molecule has 0 amide bonds. The highest BCUT2D eigenvalue weighted by molar-refractivity contribution is 7.90. The number of aryl methyl sites for hydroxylation is 1. The Morgan fingerprint density at radius 2 is 1.91 bits per heavy atom. The van der Waals surface area contributed by atoms with Crippen molar-refractivity contribution < 1.29 is 8.42 Å². The normalized spacial score (nSPS) is 19.6. The van der Waals surface area contributed by atoms with Crippen LogP contribution in [0.15, 0.2) is 34.7 Å². The first kappa shape index (κ1) is 15.1. The van der Waals surface area contributed by atoms with E-state index in [2.05, 4.69) is 23.4 Å². The van der Waals surface area contributed by atoms with Crippen LogP contribution < -0.4 is 0 Å². The van der Waals surface area contributed by atoms with Crippen LogP contribution in [0.3, 0.4) is 0 Å². The Morgan fingerprint density at radius 1 is 1.17 bits per heavy atom. The summed E-state index contributed by atoms with van der Waals surface area (Å²) in [6.45, 7) is 2.13. The molecule has 0 bridgehead atoms. The van der Waals surface area contributed by atoms with Crippen molar-refractivity contribution >= 4 is 32.3 Å². The highest BCUT2D eigenvalue weighted by Crippen LogP contribution is 2.63. The van der Waals surface area contributed by atoms with E-state index in [1.807, 2.05) is 6.07 Å². The zero-order chi connectivity index (χ0) is 16.2. The summed E-state index contributed by atoms with van der Waals surface area (Å²) in [4.78, 5) is 6.10. The molecule has 2 aromatic heterocycles. The molecular weight excluding hydrogens is 326 g/mol. The number of pyridine rings is 1. The first-order valence-corrected chi connectivity index (χ1v) is 10.6. The van der Waals surface area contributed by atoms with E-state index in [1.54, 1.807) is 17.4 Å². The van der Waals surface area contributed by atoms with Crippen molar-refractivity contribution in [2.24, 2.45) is 5.41 Å².